The zero-order chi connectivity index (χ0) is 15.2. The zero-order valence-corrected chi connectivity index (χ0v) is 13.5. The van der Waals surface area contributed by atoms with E-state index in [1.54, 1.807) is 0 Å². The summed E-state index contributed by atoms with van der Waals surface area (Å²) in [5, 5.41) is 6.52. The maximum absolute atomic E-state index is 12.2. The minimum Gasteiger partial charge on any atom is -0.324 e. The Morgan fingerprint density at radius 2 is 2.05 bits per heavy atom. The largest absolute Gasteiger partial charge is 0.324 e. The summed E-state index contributed by atoms with van der Waals surface area (Å²) in [4.78, 5) is 12.2. The number of benzene rings is 1. The first-order chi connectivity index (χ1) is 10.1. The summed E-state index contributed by atoms with van der Waals surface area (Å²) in [5.41, 5.74) is 3.33. The van der Waals surface area contributed by atoms with Crippen molar-refractivity contribution in [2.24, 2.45) is 5.92 Å². The molecule has 21 heavy (non-hydrogen) atoms. The summed E-state index contributed by atoms with van der Waals surface area (Å²) in [6.07, 6.45) is 6.01. The normalized spacial score (nSPS) is 22.0. The molecular weight excluding hydrogens is 260 g/mol. The van der Waals surface area contributed by atoms with E-state index in [1.165, 1.54) is 31.2 Å². The third-order valence-electron chi connectivity index (χ3n) is 4.64. The van der Waals surface area contributed by atoms with Gasteiger partial charge >= 0.3 is 0 Å². The van der Waals surface area contributed by atoms with Crippen LogP contribution in [-0.2, 0) is 11.2 Å². The van der Waals surface area contributed by atoms with Gasteiger partial charge in [-0.15, -0.1) is 0 Å². The molecule has 2 atom stereocenters. The van der Waals surface area contributed by atoms with Gasteiger partial charge in [-0.3, -0.25) is 4.79 Å². The Balaban J connectivity index is 1.90. The third-order valence-corrected chi connectivity index (χ3v) is 4.64. The lowest BCUT2D eigenvalue weighted by atomic mass is 9.86. The second kappa shape index (κ2) is 7.60. The number of para-hydroxylation sites is 1. The van der Waals surface area contributed by atoms with Crippen LogP contribution < -0.4 is 10.6 Å². The van der Waals surface area contributed by atoms with Crippen molar-refractivity contribution < 1.29 is 4.79 Å². The molecule has 1 amide bonds. The first-order valence-corrected chi connectivity index (χ1v) is 8.23. The fourth-order valence-electron chi connectivity index (χ4n) is 3.23. The summed E-state index contributed by atoms with van der Waals surface area (Å²) in [7, 11) is 0. The van der Waals surface area contributed by atoms with Gasteiger partial charge in [-0.1, -0.05) is 44.9 Å². The molecular formula is C18H28N2O. The Morgan fingerprint density at radius 3 is 2.76 bits per heavy atom. The molecule has 2 N–H and O–H groups in total. The number of carbonyl (C=O) groups excluding carboxylic acids is 1. The number of anilines is 1. The summed E-state index contributed by atoms with van der Waals surface area (Å²) >= 11 is 0. The number of nitrogens with one attached hydrogen (secondary N) is 2. The molecule has 1 aliphatic rings. The van der Waals surface area contributed by atoms with E-state index < -0.39 is 0 Å². The molecule has 2 rings (SSSR count). The second-order valence-electron chi connectivity index (χ2n) is 6.26. The van der Waals surface area contributed by atoms with E-state index in [0.717, 1.165) is 17.7 Å². The van der Waals surface area contributed by atoms with Crippen LogP contribution in [0.3, 0.4) is 0 Å². The Hall–Kier alpha value is -1.35. The molecule has 3 heteroatoms. The van der Waals surface area contributed by atoms with Gasteiger partial charge in [0.1, 0.15) is 0 Å². The van der Waals surface area contributed by atoms with E-state index >= 15 is 0 Å². The van der Waals surface area contributed by atoms with Gasteiger partial charge in [-0.05, 0) is 43.2 Å². The molecule has 0 aliphatic heterocycles. The molecule has 1 fully saturated rings. The third kappa shape index (κ3) is 4.31. The van der Waals surface area contributed by atoms with Crippen LogP contribution in [0.25, 0.3) is 0 Å². The molecule has 0 unspecified atom stereocenters. The number of hydrogen-bond acceptors (Lipinski definition) is 2. The van der Waals surface area contributed by atoms with Gasteiger partial charge in [0.05, 0.1) is 6.54 Å². The fraction of sp³-hybridized carbons (Fsp3) is 0.611. The van der Waals surface area contributed by atoms with Crippen molar-refractivity contribution in [2.75, 3.05) is 11.9 Å². The molecule has 0 spiro atoms. The maximum Gasteiger partial charge on any atom is 0.238 e. The van der Waals surface area contributed by atoms with E-state index in [4.69, 9.17) is 0 Å². The predicted molar refractivity (Wildman–Crippen MR) is 88.6 cm³/mol. The van der Waals surface area contributed by atoms with Crippen LogP contribution in [-0.4, -0.2) is 18.5 Å². The highest BCUT2D eigenvalue weighted by atomic mass is 16.1. The number of carbonyl (C=O) groups is 1. The van der Waals surface area contributed by atoms with Gasteiger partial charge in [0, 0.05) is 11.7 Å². The molecule has 0 saturated heterocycles. The van der Waals surface area contributed by atoms with Gasteiger partial charge in [-0.2, -0.15) is 0 Å². The van der Waals surface area contributed by atoms with E-state index in [0.29, 0.717) is 18.5 Å². The monoisotopic (exact) mass is 288 g/mol. The first kappa shape index (κ1) is 16.0. The smallest absolute Gasteiger partial charge is 0.238 e. The highest BCUT2D eigenvalue weighted by Crippen LogP contribution is 2.24. The zero-order valence-electron chi connectivity index (χ0n) is 13.5. The fourth-order valence-corrected chi connectivity index (χ4v) is 3.23. The lowest BCUT2D eigenvalue weighted by molar-refractivity contribution is -0.115. The maximum atomic E-state index is 12.2. The number of rotatable bonds is 5. The summed E-state index contributed by atoms with van der Waals surface area (Å²) in [6.45, 7) is 6.86. The molecule has 0 heterocycles. The molecule has 116 valence electrons. The molecule has 0 aromatic heterocycles. The summed E-state index contributed by atoms with van der Waals surface area (Å²) < 4.78 is 0. The average Bonchev–Trinajstić information content (AvgIpc) is 2.48. The van der Waals surface area contributed by atoms with Crippen molar-refractivity contribution in [3.8, 4) is 0 Å². The molecule has 1 aromatic rings. The van der Waals surface area contributed by atoms with E-state index in [2.05, 4.69) is 30.5 Å². The van der Waals surface area contributed by atoms with Crippen molar-refractivity contribution in [2.45, 2.75) is 58.9 Å². The molecule has 0 radical (unpaired) electrons. The molecule has 1 aliphatic carbocycles. The minimum absolute atomic E-state index is 0.0665. The minimum atomic E-state index is 0.0665. The Kier molecular flexibility index (Phi) is 5.80. The quantitative estimate of drug-likeness (QED) is 0.868. The van der Waals surface area contributed by atoms with Crippen molar-refractivity contribution in [1.29, 1.82) is 0 Å². The number of hydrogen-bond donors (Lipinski definition) is 2. The van der Waals surface area contributed by atoms with Gasteiger partial charge in [0.2, 0.25) is 5.91 Å². The molecule has 1 aromatic carbocycles. The molecule has 3 nitrogen and oxygen atoms in total. The average molecular weight is 288 g/mol. The molecule has 0 bridgehead atoms. The van der Waals surface area contributed by atoms with Crippen LogP contribution >= 0.6 is 0 Å². The van der Waals surface area contributed by atoms with Gasteiger partial charge < -0.3 is 10.6 Å². The Morgan fingerprint density at radius 1 is 1.29 bits per heavy atom. The van der Waals surface area contributed by atoms with Gasteiger partial charge in [0.25, 0.3) is 0 Å². The lowest BCUT2D eigenvalue weighted by Gasteiger charge is -2.29. The Labute approximate surface area is 128 Å². The summed E-state index contributed by atoms with van der Waals surface area (Å²) in [6, 6.07) is 6.67. The first-order valence-electron chi connectivity index (χ1n) is 8.23. The topological polar surface area (TPSA) is 41.1 Å². The van der Waals surface area contributed by atoms with Crippen molar-refractivity contribution >= 4 is 11.6 Å². The summed E-state index contributed by atoms with van der Waals surface area (Å²) in [5.74, 6) is 0.744. The van der Waals surface area contributed by atoms with Crippen molar-refractivity contribution in [3.63, 3.8) is 0 Å². The van der Waals surface area contributed by atoms with Crippen LogP contribution in [0.5, 0.6) is 0 Å². The van der Waals surface area contributed by atoms with Crippen molar-refractivity contribution in [3.05, 3.63) is 29.3 Å². The van der Waals surface area contributed by atoms with Crippen LogP contribution in [0.2, 0.25) is 0 Å². The molecule has 1 saturated carbocycles. The SMILES string of the molecule is CCc1cccc(C)c1NC(=O)CN[C@@H]1CCCC[C@H]1C. The van der Waals surface area contributed by atoms with Crippen LogP contribution in [0.4, 0.5) is 5.69 Å². The highest BCUT2D eigenvalue weighted by molar-refractivity contribution is 5.93. The highest BCUT2D eigenvalue weighted by Gasteiger charge is 2.21. The number of aryl methyl sites for hydroxylation is 2. The Bertz CT molecular complexity index is 484. The van der Waals surface area contributed by atoms with E-state index in [9.17, 15) is 4.79 Å². The van der Waals surface area contributed by atoms with Crippen LogP contribution in [0.15, 0.2) is 18.2 Å². The lowest BCUT2D eigenvalue weighted by Crippen LogP contribution is -2.41. The number of amides is 1. The van der Waals surface area contributed by atoms with Crippen LogP contribution in [0, 0.1) is 12.8 Å². The van der Waals surface area contributed by atoms with Crippen LogP contribution in [0.1, 0.15) is 50.7 Å². The standard InChI is InChI=1S/C18H28N2O/c1-4-15-10-7-9-14(3)18(15)20-17(21)12-19-16-11-6-5-8-13(16)2/h7,9-10,13,16,19H,4-6,8,11-12H2,1-3H3,(H,20,21)/t13-,16-/m1/s1. The predicted octanol–water partition coefficient (Wildman–Crippen LogP) is 3.66. The van der Waals surface area contributed by atoms with Crippen molar-refractivity contribution in [1.82, 2.24) is 5.32 Å². The van der Waals surface area contributed by atoms with E-state index in [-0.39, 0.29) is 5.91 Å². The van der Waals surface area contributed by atoms with E-state index in [1.807, 2.05) is 19.1 Å². The van der Waals surface area contributed by atoms with Gasteiger partial charge in [0.15, 0.2) is 0 Å². The second-order valence-corrected chi connectivity index (χ2v) is 6.26. The van der Waals surface area contributed by atoms with Gasteiger partial charge in [-0.25, -0.2) is 0 Å².